The summed E-state index contributed by atoms with van der Waals surface area (Å²) in [5.41, 5.74) is 16.0. The molecule has 4 unspecified atom stereocenters. The van der Waals surface area contributed by atoms with Gasteiger partial charge in [0, 0.05) is 13.0 Å². The van der Waals surface area contributed by atoms with E-state index in [0.717, 1.165) is 0 Å². The van der Waals surface area contributed by atoms with Crippen molar-refractivity contribution in [3.8, 4) is 0 Å². The number of hydrogen-bond acceptors (Lipinski definition) is 8. The molecule has 34 heavy (non-hydrogen) atoms. The Morgan fingerprint density at radius 3 is 1.88 bits per heavy atom. The average Bonchev–Trinajstić information content (AvgIpc) is 2.74. The van der Waals surface area contributed by atoms with Gasteiger partial charge in [0.25, 0.3) is 0 Å². The molecule has 0 aromatic heterocycles. The summed E-state index contributed by atoms with van der Waals surface area (Å²) in [5, 5.41) is 25.6. The van der Waals surface area contributed by atoms with Crippen molar-refractivity contribution in [3.63, 3.8) is 0 Å². The van der Waals surface area contributed by atoms with Crippen LogP contribution >= 0.6 is 11.8 Å². The van der Waals surface area contributed by atoms with Crippen molar-refractivity contribution >= 4 is 47.4 Å². The highest BCUT2D eigenvalue weighted by Gasteiger charge is 2.30. The molecule has 0 aliphatic heterocycles. The fraction of sp³-hybridized carbons (Fsp3) is 0.684. The standard InChI is InChI=1S/C19H35N7O7S/c1-10(20)15(29)24-11(5-6-14(27)28)16(30)25-12(7-9-34-2)17(31)26-13(18(32)33)4-3-8-23-19(21)22/h10-13H,3-9,20H2,1-2H3,(H,24,29)(H,25,30)(H,26,31)(H,27,28)(H,32,33)(H4,21,22,23). The highest BCUT2D eigenvalue weighted by atomic mass is 32.2. The van der Waals surface area contributed by atoms with Crippen LogP contribution in [0.25, 0.3) is 0 Å². The maximum absolute atomic E-state index is 12.8. The van der Waals surface area contributed by atoms with Crippen molar-refractivity contribution in [1.82, 2.24) is 16.0 Å². The molecule has 0 aliphatic carbocycles. The predicted molar refractivity (Wildman–Crippen MR) is 127 cm³/mol. The number of aliphatic carboxylic acids is 2. The zero-order valence-electron chi connectivity index (χ0n) is 19.3. The van der Waals surface area contributed by atoms with Crippen molar-refractivity contribution in [2.24, 2.45) is 22.2 Å². The van der Waals surface area contributed by atoms with E-state index in [4.69, 9.17) is 22.3 Å². The lowest BCUT2D eigenvalue weighted by molar-refractivity contribution is -0.142. The molecule has 0 saturated carbocycles. The number of aliphatic imine (C=N–C) groups is 1. The highest BCUT2D eigenvalue weighted by molar-refractivity contribution is 7.98. The summed E-state index contributed by atoms with van der Waals surface area (Å²) in [6.45, 7) is 1.58. The third-order valence-corrected chi connectivity index (χ3v) is 5.14. The first kappa shape index (κ1) is 30.9. The Hall–Kier alpha value is -3.07. The van der Waals surface area contributed by atoms with Crippen molar-refractivity contribution in [2.45, 2.75) is 63.2 Å². The normalized spacial score (nSPS) is 14.1. The zero-order chi connectivity index (χ0) is 26.3. The van der Waals surface area contributed by atoms with E-state index in [1.807, 2.05) is 0 Å². The summed E-state index contributed by atoms with van der Waals surface area (Å²) in [6, 6.07) is -4.53. The number of rotatable bonds is 17. The Balaban J connectivity index is 5.37. The summed E-state index contributed by atoms with van der Waals surface area (Å²) in [5.74, 6) is -4.28. The Morgan fingerprint density at radius 2 is 1.41 bits per heavy atom. The molecule has 0 bridgehead atoms. The van der Waals surface area contributed by atoms with Crippen LogP contribution in [0.15, 0.2) is 4.99 Å². The van der Waals surface area contributed by atoms with Gasteiger partial charge in [-0.3, -0.25) is 24.2 Å². The molecule has 194 valence electrons. The molecular weight excluding hydrogens is 470 g/mol. The van der Waals surface area contributed by atoms with E-state index >= 15 is 0 Å². The number of carboxylic acid groups (broad SMARTS) is 2. The largest absolute Gasteiger partial charge is 0.481 e. The van der Waals surface area contributed by atoms with Gasteiger partial charge in [-0.25, -0.2) is 4.79 Å². The van der Waals surface area contributed by atoms with Crippen molar-refractivity contribution in [3.05, 3.63) is 0 Å². The lowest BCUT2D eigenvalue weighted by Crippen LogP contribution is -2.57. The minimum atomic E-state index is -1.27. The average molecular weight is 506 g/mol. The molecule has 14 nitrogen and oxygen atoms in total. The smallest absolute Gasteiger partial charge is 0.326 e. The van der Waals surface area contributed by atoms with E-state index < -0.39 is 60.2 Å². The fourth-order valence-corrected chi connectivity index (χ4v) is 3.12. The van der Waals surface area contributed by atoms with Gasteiger partial charge in [0.1, 0.15) is 18.1 Å². The molecule has 11 N–H and O–H groups in total. The number of carboxylic acids is 2. The SMILES string of the molecule is CSCCC(NC(=O)C(CCC(=O)O)NC(=O)C(C)N)C(=O)NC(CCCN=C(N)N)C(=O)O. The molecule has 0 rings (SSSR count). The van der Waals surface area contributed by atoms with Gasteiger partial charge in [-0.2, -0.15) is 11.8 Å². The number of guanidine groups is 1. The Kier molecular flexibility index (Phi) is 15.0. The van der Waals surface area contributed by atoms with E-state index in [1.54, 1.807) is 6.26 Å². The topological polar surface area (TPSA) is 252 Å². The van der Waals surface area contributed by atoms with Crippen molar-refractivity contribution < 1.29 is 34.2 Å². The van der Waals surface area contributed by atoms with E-state index in [-0.39, 0.29) is 38.2 Å². The van der Waals surface area contributed by atoms with Gasteiger partial charge in [-0.05, 0) is 44.6 Å². The first-order valence-electron chi connectivity index (χ1n) is 10.5. The van der Waals surface area contributed by atoms with Gasteiger partial charge in [0.2, 0.25) is 17.7 Å². The lowest BCUT2D eigenvalue weighted by Gasteiger charge is -2.24. The van der Waals surface area contributed by atoms with Crippen molar-refractivity contribution in [2.75, 3.05) is 18.6 Å². The number of hydrogen-bond donors (Lipinski definition) is 8. The van der Waals surface area contributed by atoms with Crippen LogP contribution in [0.5, 0.6) is 0 Å². The van der Waals surface area contributed by atoms with Gasteiger partial charge < -0.3 is 43.4 Å². The van der Waals surface area contributed by atoms with Crippen LogP contribution in [-0.4, -0.2) is 88.6 Å². The Morgan fingerprint density at radius 1 is 0.882 bits per heavy atom. The number of nitrogens with two attached hydrogens (primary N) is 3. The lowest BCUT2D eigenvalue weighted by atomic mass is 10.1. The molecule has 0 saturated heterocycles. The molecule has 0 fully saturated rings. The molecule has 0 spiro atoms. The van der Waals surface area contributed by atoms with Crippen LogP contribution in [0, 0.1) is 0 Å². The number of nitrogens with zero attached hydrogens (tertiary/aromatic N) is 1. The molecule has 0 radical (unpaired) electrons. The maximum atomic E-state index is 12.8. The van der Waals surface area contributed by atoms with Gasteiger partial charge in [0.05, 0.1) is 6.04 Å². The highest BCUT2D eigenvalue weighted by Crippen LogP contribution is 2.06. The fourth-order valence-electron chi connectivity index (χ4n) is 2.65. The van der Waals surface area contributed by atoms with E-state index in [1.165, 1.54) is 18.7 Å². The minimum absolute atomic E-state index is 0.0483. The molecule has 0 aliphatic rings. The molecule has 0 heterocycles. The molecule has 0 aromatic rings. The Bertz CT molecular complexity index is 745. The first-order chi connectivity index (χ1) is 15.9. The van der Waals surface area contributed by atoms with E-state index in [0.29, 0.717) is 5.75 Å². The van der Waals surface area contributed by atoms with Gasteiger partial charge in [0.15, 0.2) is 5.96 Å². The van der Waals surface area contributed by atoms with Gasteiger partial charge in [-0.1, -0.05) is 0 Å². The van der Waals surface area contributed by atoms with Crippen LogP contribution in [0.4, 0.5) is 0 Å². The zero-order valence-corrected chi connectivity index (χ0v) is 20.1. The van der Waals surface area contributed by atoms with E-state index in [2.05, 4.69) is 20.9 Å². The third kappa shape index (κ3) is 13.5. The van der Waals surface area contributed by atoms with Gasteiger partial charge >= 0.3 is 11.9 Å². The van der Waals surface area contributed by atoms with Crippen LogP contribution in [0.2, 0.25) is 0 Å². The second kappa shape index (κ2) is 16.5. The molecule has 0 aromatic carbocycles. The monoisotopic (exact) mass is 505 g/mol. The quantitative estimate of drug-likeness (QED) is 0.0584. The number of amides is 3. The summed E-state index contributed by atoms with van der Waals surface area (Å²) in [4.78, 5) is 63.8. The number of carbonyl (C=O) groups is 5. The second-order valence-electron chi connectivity index (χ2n) is 7.47. The van der Waals surface area contributed by atoms with Crippen molar-refractivity contribution in [1.29, 1.82) is 0 Å². The third-order valence-electron chi connectivity index (χ3n) is 4.50. The Labute approximate surface area is 201 Å². The van der Waals surface area contributed by atoms with Crippen LogP contribution in [0.3, 0.4) is 0 Å². The van der Waals surface area contributed by atoms with Crippen LogP contribution in [-0.2, 0) is 24.0 Å². The molecule has 3 amide bonds. The number of nitrogens with one attached hydrogen (secondary N) is 3. The van der Waals surface area contributed by atoms with Gasteiger partial charge in [-0.15, -0.1) is 0 Å². The molecular formula is C19H35N7O7S. The summed E-state index contributed by atoms with van der Waals surface area (Å²) in [6.07, 6.45) is 1.67. The minimum Gasteiger partial charge on any atom is -0.481 e. The second-order valence-corrected chi connectivity index (χ2v) is 8.46. The number of carbonyl (C=O) groups excluding carboxylic acids is 3. The predicted octanol–water partition coefficient (Wildman–Crippen LogP) is -2.46. The molecule has 4 atom stereocenters. The van der Waals surface area contributed by atoms with Crippen LogP contribution in [0.1, 0.15) is 39.0 Å². The maximum Gasteiger partial charge on any atom is 0.326 e. The summed E-state index contributed by atoms with van der Waals surface area (Å²) >= 11 is 1.41. The number of thioether (sulfide) groups is 1. The van der Waals surface area contributed by atoms with Crippen LogP contribution < -0.4 is 33.2 Å². The molecule has 15 heteroatoms. The summed E-state index contributed by atoms with van der Waals surface area (Å²) in [7, 11) is 0. The summed E-state index contributed by atoms with van der Waals surface area (Å²) < 4.78 is 0. The first-order valence-corrected chi connectivity index (χ1v) is 11.9. The van der Waals surface area contributed by atoms with E-state index in [9.17, 15) is 29.1 Å².